The first-order valence-electron chi connectivity index (χ1n) is 6.90. The molecule has 0 spiro atoms. The van der Waals surface area contributed by atoms with Crippen LogP contribution in [0.3, 0.4) is 0 Å². The number of rotatable bonds is 8. The van der Waals surface area contributed by atoms with Crippen molar-refractivity contribution < 1.29 is 18.4 Å². The smallest absolute Gasteiger partial charge is 0.305 e. The second-order valence-corrected chi connectivity index (χ2v) is 6.11. The van der Waals surface area contributed by atoms with Crippen molar-refractivity contribution in [2.24, 2.45) is 0 Å². The molecule has 0 aliphatic heterocycles. The van der Waals surface area contributed by atoms with Gasteiger partial charge < -0.3 is 9.05 Å². The molecule has 0 aliphatic rings. The van der Waals surface area contributed by atoms with Crippen molar-refractivity contribution in [3.63, 3.8) is 0 Å². The van der Waals surface area contributed by atoms with E-state index < -0.39 is 7.60 Å². The Morgan fingerprint density at radius 1 is 1.14 bits per heavy atom. The maximum atomic E-state index is 12.6. The summed E-state index contributed by atoms with van der Waals surface area (Å²) in [7, 11) is -3.55. The summed E-state index contributed by atoms with van der Waals surface area (Å²) in [6, 6.07) is 9.42. The van der Waals surface area contributed by atoms with E-state index in [2.05, 4.69) is 0 Å². The molecule has 114 valence electrons. The molecule has 1 aromatic rings. The molecular formula is C16H21O4P. The van der Waals surface area contributed by atoms with E-state index in [1.807, 2.05) is 30.3 Å². The number of carbonyl (C=O) groups excluding carboxylic acids is 1. The molecule has 0 aliphatic carbocycles. The number of ketones is 1. The highest BCUT2D eigenvalue weighted by atomic mass is 31.2. The van der Waals surface area contributed by atoms with Crippen LogP contribution in [-0.4, -0.2) is 19.0 Å². The third-order valence-electron chi connectivity index (χ3n) is 2.65. The molecule has 0 bridgehead atoms. The average molecular weight is 308 g/mol. The topological polar surface area (TPSA) is 52.6 Å². The first kappa shape index (κ1) is 17.6. The van der Waals surface area contributed by atoms with Gasteiger partial charge in [0, 0.05) is 0 Å². The van der Waals surface area contributed by atoms with Crippen LogP contribution in [0.15, 0.2) is 47.8 Å². The van der Waals surface area contributed by atoms with Crippen LogP contribution < -0.4 is 0 Å². The predicted octanol–water partition coefficient (Wildman–Crippen LogP) is 4.44. The van der Waals surface area contributed by atoms with Crippen molar-refractivity contribution >= 4 is 19.5 Å². The van der Waals surface area contributed by atoms with Crippen LogP contribution in [0, 0.1) is 0 Å². The Balaban J connectivity index is 2.96. The lowest BCUT2D eigenvalue weighted by Crippen LogP contribution is -2.06. The van der Waals surface area contributed by atoms with Crippen LogP contribution in [-0.2, 0) is 18.4 Å². The Labute approximate surface area is 126 Å². The third-order valence-corrected chi connectivity index (χ3v) is 4.91. The second kappa shape index (κ2) is 8.73. The molecule has 5 heteroatoms. The number of hydrogen-bond acceptors (Lipinski definition) is 4. The molecule has 0 N–H and O–H groups in total. The first-order chi connectivity index (χ1) is 10.1. The summed E-state index contributed by atoms with van der Waals surface area (Å²) in [6.07, 6.45) is 4.55. The van der Waals surface area contributed by atoms with Crippen LogP contribution >= 0.6 is 7.60 Å². The van der Waals surface area contributed by atoms with E-state index in [1.54, 1.807) is 26.8 Å². The molecule has 0 unspecified atom stereocenters. The Kier molecular flexibility index (Phi) is 7.30. The normalized spacial score (nSPS) is 12.8. The maximum Gasteiger partial charge on any atom is 0.364 e. The summed E-state index contributed by atoms with van der Waals surface area (Å²) < 4.78 is 23.0. The van der Waals surface area contributed by atoms with Crippen molar-refractivity contribution in [1.82, 2.24) is 0 Å². The Morgan fingerprint density at radius 3 is 2.19 bits per heavy atom. The monoisotopic (exact) mass is 308 g/mol. The molecule has 0 aromatic heterocycles. The van der Waals surface area contributed by atoms with Gasteiger partial charge in [0.05, 0.1) is 13.2 Å². The van der Waals surface area contributed by atoms with E-state index in [-0.39, 0.29) is 24.3 Å². The van der Waals surface area contributed by atoms with Gasteiger partial charge in [0.25, 0.3) is 0 Å². The molecule has 4 nitrogen and oxygen atoms in total. The van der Waals surface area contributed by atoms with Gasteiger partial charge in [0.1, 0.15) is 5.31 Å². The van der Waals surface area contributed by atoms with E-state index >= 15 is 0 Å². The van der Waals surface area contributed by atoms with Crippen LogP contribution in [0.2, 0.25) is 0 Å². The number of allylic oxidation sites excluding steroid dienone is 3. The quantitative estimate of drug-likeness (QED) is 0.526. The minimum absolute atomic E-state index is 0.0679. The maximum absolute atomic E-state index is 12.6. The number of hydrogen-bond donors (Lipinski definition) is 0. The summed E-state index contributed by atoms with van der Waals surface area (Å²) in [5.41, 5.74) is 0.893. The molecule has 0 radical (unpaired) electrons. The van der Waals surface area contributed by atoms with E-state index in [0.717, 1.165) is 5.56 Å². The van der Waals surface area contributed by atoms with Crippen molar-refractivity contribution in [2.75, 3.05) is 13.2 Å². The molecule has 0 heterocycles. The zero-order chi connectivity index (χ0) is 15.7. The van der Waals surface area contributed by atoms with Gasteiger partial charge in [-0.05, 0) is 32.4 Å². The van der Waals surface area contributed by atoms with Gasteiger partial charge >= 0.3 is 7.60 Å². The molecule has 21 heavy (non-hydrogen) atoms. The molecule has 1 rings (SSSR count). The van der Waals surface area contributed by atoms with Crippen LogP contribution in [0.1, 0.15) is 26.3 Å². The zero-order valence-electron chi connectivity index (χ0n) is 12.6. The molecule has 1 aromatic carbocycles. The minimum atomic E-state index is -3.55. The van der Waals surface area contributed by atoms with Crippen LogP contribution in [0.25, 0.3) is 6.08 Å². The van der Waals surface area contributed by atoms with Crippen molar-refractivity contribution in [3.8, 4) is 0 Å². The largest absolute Gasteiger partial charge is 0.364 e. The van der Waals surface area contributed by atoms with Gasteiger partial charge in [-0.25, -0.2) is 0 Å². The van der Waals surface area contributed by atoms with Gasteiger partial charge in [-0.15, -0.1) is 0 Å². The lowest BCUT2D eigenvalue weighted by molar-refractivity contribution is -0.110. The Bertz CT molecular complexity index is 551. The Hall–Kier alpha value is -1.48. The Morgan fingerprint density at radius 2 is 1.71 bits per heavy atom. The minimum Gasteiger partial charge on any atom is -0.305 e. The third kappa shape index (κ3) is 5.09. The van der Waals surface area contributed by atoms with Crippen molar-refractivity contribution in [1.29, 1.82) is 0 Å². The molecule has 0 atom stereocenters. The molecular weight excluding hydrogens is 287 g/mol. The number of carbonyl (C=O) groups is 1. The highest BCUT2D eigenvalue weighted by molar-refractivity contribution is 7.60. The van der Waals surface area contributed by atoms with E-state index in [0.29, 0.717) is 0 Å². The van der Waals surface area contributed by atoms with Crippen LogP contribution in [0.5, 0.6) is 0 Å². The highest BCUT2D eigenvalue weighted by Crippen LogP contribution is 2.56. The van der Waals surface area contributed by atoms with Gasteiger partial charge in [-0.1, -0.05) is 42.5 Å². The lowest BCUT2D eigenvalue weighted by atomic mass is 10.2. The van der Waals surface area contributed by atoms with E-state index in [9.17, 15) is 9.36 Å². The average Bonchev–Trinajstić information content (AvgIpc) is 2.47. The SMILES string of the molecule is C/C=C(/C(=O)/C=C/c1ccccc1)P(=O)(OCC)OCC. The fourth-order valence-electron chi connectivity index (χ4n) is 1.77. The van der Waals surface area contributed by atoms with Gasteiger partial charge in [0.15, 0.2) is 5.78 Å². The molecule has 0 saturated carbocycles. The van der Waals surface area contributed by atoms with Gasteiger partial charge in [-0.3, -0.25) is 9.36 Å². The number of benzene rings is 1. The summed E-state index contributed by atoms with van der Waals surface area (Å²) >= 11 is 0. The van der Waals surface area contributed by atoms with Gasteiger partial charge in [-0.2, -0.15) is 0 Å². The molecule has 0 amide bonds. The highest BCUT2D eigenvalue weighted by Gasteiger charge is 2.32. The fourth-order valence-corrected chi connectivity index (χ4v) is 3.47. The van der Waals surface area contributed by atoms with Crippen molar-refractivity contribution in [2.45, 2.75) is 20.8 Å². The van der Waals surface area contributed by atoms with Crippen molar-refractivity contribution in [3.05, 3.63) is 53.4 Å². The fraction of sp³-hybridized carbons (Fsp3) is 0.312. The standard InChI is InChI=1S/C16H21O4P/c1-4-16(21(18,19-5-2)20-6-3)15(17)13-12-14-10-8-7-9-11-14/h4,7-13H,5-6H2,1-3H3/b13-12+,16-4-. The lowest BCUT2D eigenvalue weighted by Gasteiger charge is -2.18. The van der Waals surface area contributed by atoms with E-state index in [1.165, 1.54) is 12.2 Å². The summed E-state index contributed by atoms with van der Waals surface area (Å²) in [6.45, 7) is 5.50. The summed E-state index contributed by atoms with van der Waals surface area (Å²) in [5, 5.41) is 0.0679. The second-order valence-electron chi connectivity index (χ2n) is 4.12. The van der Waals surface area contributed by atoms with Gasteiger partial charge in [0.2, 0.25) is 0 Å². The first-order valence-corrected chi connectivity index (χ1v) is 8.45. The van der Waals surface area contributed by atoms with E-state index in [4.69, 9.17) is 9.05 Å². The molecule has 0 fully saturated rings. The summed E-state index contributed by atoms with van der Waals surface area (Å²) in [4.78, 5) is 12.3. The predicted molar refractivity (Wildman–Crippen MR) is 85.1 cm³/mol. The molecule has 0 saturated heterocycles. The summed E-state index contributed by atoms with van der Waals surface area (Å²) in [5.74, 6) is -0.369. The van der Waals surface area contributed by atoms with Crippen LogP contribution in [0.4, 0.5) is 0 Å². The zero-order valence-corrected chi connectivity index (χ0v) is 13.5.